The maximum Gasteiger partial charge on any atom is 0.307 e. The molecule has 0 bridgehead atoms. The van der Waals surface area contributed by atoms with Crippen molar-refractivity contribution in [3.05, 3.63) is 35.9 Å². The van der Waals surface area contributed by atoms with E-state index in [0.717, 1.165) is 24.8 Å². The molecule has 1 aromatic rings. The Hall–Kier alpha value is -2.37. The molecule has 0 aromatic heterocycles. The van der Waals surface area contributed by atoms with Gasteiger partial charge in [0.2, 0.25) is 11.8 Å². The lowest BCUT2D eigenvalue weighted by atomic mass is 9.95. The molecule has 0 spiro atoms. The maximum absolute atomic E-state index is 13.3. The van der Waals surface area contributed by atoms with Gasteiger partial charge in [-0.3, -0.25) is 14.4 Å². The van der Waals surface area contributed by atoms with Crippen LogP contribution in [0.1, 0.15) is 136 Å². The molecule has 6 nitrogen and oxygen atoms in total. The molecular weight excluding hydrogens is 500 g/mol. The predicted molar refractivity (Wildman–Crippen MR) is 165 cm³/mol. The molecule has 0 fully saturated rings. The van der Waals surface area contributed by atoms with Crippen LogP contribution in [0, 0.1) is 5.92 Å². The molecule has 1 rings (SSSR count). The molecule has 2 atom stereocenters. The summed E-state index contributed by atoms with van der Waals surface area (Å²) < 4.78 is 5.51. The van der Waals surface area contributed by atoms with Crippen LogP contribution in [0.3, 0.4) is 0 Å². The van der Waals surface area contributed by atoms with Crippen molar-refractivity contribution in [2.45, 2.75) is 148 Å². The molecule has 40 heavy (non-hydrogen) atoms. The molecule has 0 aliphatic rings. The first kappa shape index (κ1) is 35.7. The molecule has 1 aromatic carbocycles. The van der Waals surface area contributed by atoms with Gasteiger partial charge in [-0.25, -0.2) is 0 Å². The van der Waals surface area contributed by atoms with Gasteiger partial charge in [0.25, 0.3) is 0 Å². The summed E-state index contributed by atoms with van der Waals surface area (Å²) in [4.78, 5) is 38.5. The Kier molecular flexibility index (Phi) is 19.1. The Bertz CT molecular complexity index is 819. The van der Waals surface area contributed by atoms with E-state index in [-0.39, 0.29) is 24.2 Å². The Labute approximate surface area is 244 Å². The van der Waals surface area contributed by atoms with Crippen molar-refractivity contribution in [3.8, 4) is 0 Å². The Morgan fingerprint density at radius 1 is 0.750 bits per heavy atom. The normalized spacial score (nSPS) is 12.9. The molecule has 0 aliphatic carbocycles. The van der Waals surface area contributed by atoms with Gasteiger partial charge in [0.05, 0.1) is 6.42 Å². The number of unbranched alkanes of at least 4 members (excludes halogenated alkanes) is 13. The molecule has 0 saturated heterocycles. The lowest BCUT2D eigenvalue weighted by Gasteiger charge is -2.24. The molecule has 228 valence electrons. The van der Waals surface area contributed by atoms with Crippen LogP contribution in [0.5, 0.6) is 0 Å². The van der Waals surface area contributed by atoms with Crippen molar-refractivity contribution >= 4 is 17.8 Å². The van der Waals surface area contributed by atoms with E-state index in [1.54, 1.807) is 7.05 Å². The van der Waals surface area contributed by atoms with Gasteiger partial charge in [-0.2, -0.15) is 0 Å². The van der Waals surface area contributed by atoms with Crippen molar-refractivity contribution in [2.75, 3.05) is 7.05 Å². The zero-order valence-corrected chi connectivity index (χ0v) is 26.2. The topological polar surface area (TPSA) is 84.5 Å². The molecular formula is C34H58N2O4. The first-order chi connectivity index (χ1) is 19.2. The maximum atomic E-state index is 13.3. The Balaban J connectivity index is 2.50. The van der Waals surface area contributed by atoms with Crippen molar-refractivity contribution in [2.24, 2.45) is 5.92 Å². The molecule has 2 amide bonds. The molecule has 0 saturated carbocycles. The van der Waals surface area contributed by atoms with Crippen LogP contribution in [-0.2, 0) is 25.5 Å². The second-order valence-corrected chi connectivity index (χ2v) is 12.2. The minimum absolute atomic E-state index is 0.0212. The SMILES string of the molecule is CCCCCCCCCCCCCCCC[C@H](CC(=O)OC(C)(C)C)C(=O)N[C@@H](Cc1ccccc1)C(=O)NC. The summed E-state index contributed by atoms with van der Waals surface area (Å²) in [6, 6.07) is 8.93. The van der Waals surface area contributed by atoms with E-state index < -0.39 is 17.6 Å². The third-order valence-corrected chi connectivity index (χ3v) is 7.27. The second-order valence-electron chi connectivity index (χ2n) is 12.2. The predicted octanol–water partition coefficient (Wildman–Crippen LogP) is 7.68. The lowest BCUT2D eigenvalue weighted by molar-refractivity contribution is -0.157. The third kappa shape index (κ3) is 18.1. The smallest absolute Gasteiger partial charge is 0.307 e. The van der Waals surface area contributed by atoms with E-state index in [0.29, 0.717) is 12.8 Å². The van der Waals surface area contributed by atoms with Crippen molar-refractivity contribution in [1.82, 2.24) is 10.6 Å². The first-order valence-electron chi connectivity index (χ1n) is 15.9. The number of nitrogens with one attached hydrogen (secondary N) is 2. The van der Waals surface area contributed by atoms with Crippen molar-refractivity contribution in [3.63, 3.8) is 0 Å². The highest BCUT2D eigenvalue weighted by Crippen LogP contribution is 2.20. The third-order valence-electron chi connectivity index (χ3n) is 7.27. The van der Waals surface area contributed by atoms with E-state index in [4.69, 9.17) is 4.74 Å². The second kappa shape index (κ2) is 21.4. The summed E-state index contributed by atoms with van der Waals surface area (Å²) in [5.41, 5.74) is 0.359. The van der Waals surface area contributed by atoms with Crippen molar-refractivity contribution in [1.29, 1.82) is 0 Å². The summed E-state index contributed by atoms with van der Waals surface area (Å²) in [6.07, 6.45) is 18.8. The Morgan fingerprint density at radius 2 is 1.25 bits per heavy atom. The quantitative estimate of drug-likeness (QED) is 0.113. The zero-order valence-electron chi connectivity index (χ0n) is 26.2. The number of rotatable bonds is 22. The number of esters is 1. The van der Waals surface area contributed by atoms with E-state index in [1.807, 2.05) is 51.1 Å². The highest BCUT2D eigenvalue weighted by atomic mass is 16.6. The molecule has 0 aliphatic heterocycles. The van der Waals surface area contributed by atoms with Gasteiger partial charge in [-0.05, 0) is 32.8 Å². The molecule has 0 radical (unpaired) electrons. The number of carbonyl (C=O) groups excluding carboxylic acids is 3. The standard InChI is InChI=1S/C34H58N2O4/c1-6-7-8-9-10-11-12-13-14-15-16-17-18-22-25-29(27-31(37)40-34(2,3)4)32(38)36-30(33(39)35-5)26-28-23-20-19-21-24-28/h19-21,23-24,29-30H,6-18,22,25-27H2,1-5H3,(H,35,39)(H,36,38)/t29-,30+/m1/s1. The van der Waals surface area contributed by atoms with Crippen LogP contribution in [0.4, 0.5) is 0 Å². The first-order valence-corrected chi connectivity index (χ1v) is 15.9. The van der Waals surface area contributed by atoms with Gasteiger partial charge >= 0.3 is 5.97 Å². The zero-order chi connectivity index (χ0) is 29.6. The highest BCUT2D eigenvalue weighted by molar-refractivity contribution is 5.90. The molecule has 2 N–H and O–H groups in total. The van der Waals surface area contributed by atoms with Crippen LogP contribution in [0.2, 0.25) is 0 Å². The largest absolute Gasteiger partial charge is 0.460 e. The number of benzene rings is 1. The summed E-state index contributed by atoms with van der Waals surface area (Å²) in [6.45, 7) is 7.75. The summed E-state index contributed by atoms with van der Waals surface area (Å²) >= 11 is 0. The van der Waals surface area contributed by atoms with E-state index >= 15 is 0 Å². The van der Waals surface area contributed by atoms with E-state index in [1.165, 1.54) is 70.6 Å². The van der Waals surface area contributed by atoms with Gasteiger partial charge in [0.1, 0.15) is 11.6 Å². The van der Waals surface area contributed by atoms with Gasteiger partial charge in [0, 0.05) is 19.4 Å². The summed E-state index contributed by atoms with van der Waals surface area (Å²) in [5.74, 6) is -1.40. The fourth-order valence-corrected chi connectivity index (χ4v) is 5.02. The average Bonchev–Trinajstić information content (AvgIpc) is 2.91. The fourth-order valence-electron chi connectivity index (χ4n) is 5.02. The lowest BCUT2D eigenvalue weighted by Crippen LogP contribution is -2.49. The molecule has 0 heterocycles. The van der Waals surface area contributed by atoms with Gasteiger partial charge in [0.15, 0.2) is 0 Å². The monoisotopic (exact) mass is 558 g/mol. The van der Waals surface area contributed by atoms with Crippen LogP contribution in [0.25, 0.3) is 0 Å². The fraction of sp³-hybridized carbons (Fsp3) is 0.735. The number of hydrogen-bond donors (Lipinski definition) is 2. The summed E-state index contributed by atoms with van der Waals surface area (Å²) in [7, 11) is 1.57. The van der Waals surface area contributed by atoms with Gasteiger partial charge < -0.3 is 15.4 Å². The van der Waals surface area contributed by atoms with Crippen LogP contribution < -0.4 is 10.6 Å². The molecule has 0 unspecified atom stereocenters. The average molecular weight is 559 g/mol. The Morgan fingerprint density at radius 3 is 1.73 bits per heavy atom. The van der Waals surface area contributed by atoms with E-state index in [9.17, 15) is 14.4 Å². The highest BCUT2D eigenvalue weighted by Gasteiger charge is 2.28. The van der Waals surface area contributed by atoms with E-state index in [2.05, 4.69) is 17.6 Å². The molecule has 6 heteroatoms. The summed E-state index contributed by atoms with van der Waals surface area (Å²) in [5, 5.41) is 5.58. The number of hydrogen-bond acceptors (Lipinski definition) is 4. The van der Waals surface area contributed by atoms with Crippen molar-refractivity contribution < 1.29 is 19.1 Å². The minimum Gasteiger partial charge on any atom is -0.460 e. The van der Waals surface area contributed by atoms with Crippen LogP contribution >= 0.6 is 0 Å². The number of likely N-dealkylation sites (N-methyl/N-ethyl adjacent to an activating group) is 1. The van der Waals surface area contributed by atoms with Gasteiger partial charge in [-0.1, -0.05) is 127 Å². The minimum atomic E-state index is -0.697. The van der Waals surface area contributed by atoms with Gasteiger partial charge in [-0.15, -0.1) is 0 Å². The van der Waals surface area contributed by atoms with Crippen LogP contribution in [0.15, 0.2) is 30.3 Å². The number of ether oxygens (including phenoxy) is 1. The number of carbonyl (C=O) groups is 3. The number of amides is 2. The van der Waals surface area contributed by atoms with Crippen LogP contribution in [-0.4, -0.2) is 36.5 Å².